The molecule has 0 saturated heterocycles. The second kappa shape index (κ2) is 12.8. The predicted octanol–water partition coefficient (Wildman–Crippen LogP) is 7.29. The second-order valence-corrected chi connectivity index (χ2v) is 12.2. The van der Waals surface area contributed by atoms with Crippen molar-refractivity contribution in [3.63, 3.8) is 0 Å². The molecule has 7 heteroatoms. The lowest BCUT2D eigenvalue weighted by Crippen LogP contribution is -2.32. The standard InChI is InChI=1S/C34H38N6S/c1-40(2)32-28-15-9-10-16-29(28)37-34(39-32)36-27-19-17-24(18-20-27)23-35-22-21-30-31(25-11-5-3-6-12-25)38-33(41-30)26-13-7-4-8-14-26/h3-16,24,27,35H,17-23H2,1-2H3,(H,36,37,39)/t24-,27+. The number of para-hydroxylation sites is 1. The zero-order valence-electron chi connectivity index (χ0n) is 23.9. The molecule has 1 aliphatic rings. The van der Waals surface area contributed by atoms with E-state index in [9.17, 15) is 0 Å². The maximum Gasteiger partial charge on any atom is 0.225 e. The van der Waals surface area contributed by atoms with Crippen LogP contribution in [0.1, 0.15) is 30.6 Å². The van der Waals surface area contributed by atoms with Crippen LogP contribution in [-0.4, -0.2) is 48.2 Å². The lowest BCUT2D eigenvalue weighted by molar-refractivity contribution is 0.325. The zero-order valence-corrected chi connectivity index (χ0v) is 24.7. The fourth-order valence-corrected chi connectivity index (χ4v) is 6.80. The van der Waals surface area contributed by atoms with Gasteiger partial charge in [-0.25, -0.2) is 9.97 Å². The van der Waals surface area contributed by atoms with Gasteiger partial charge in [0.2, 0.25) is 5.95 Å². The smallest absolute Gasteiger partial charge is 0.225 e. The highest BCUT2D eigenvalue weighted by molar-refractivity contribution is 7.15. The van der Waals surface area contributed by atoms with Crippen LogP contribution in [0.15, 0.2) is 84.9 Å². The first kappa shape index (κ1) is 27.4. The number of fused-ring (bicyclic) bond motifs is 1. The Kier molecular flexibility index (Phi) is 8.54. The first-order chi connectivity index (χ1) is 20.1. The largest absolute Gasteiger partial charge is 0.362 e. The van der Waals surface area contributed by atoms with Crippen LogP contribution in [0.3, 0.4) is 0 Å². The minimum Gasteiger partial charge on any atom is -0.362 e. The van der Waals surface area contributed by atoms with Crippen molar-refractivity contribution in [2.45, 2.75) is 38.1 Å². The first-order valence-electron chi connectivity index (χ1n) is 14.7. The van der Waals surface area contributed by atoms with Crippen LogP contribution in [0.4, 0.5) is 11.8 Å². The Morgan fingerprint density at radius 2 is 1.46 bits per heavy atom. The molecule has 3 aromatic carbocycles. The SMILES string of the molecule is CN(C)c1nc(N[C@H]2CC[C@@H](CNCCc3sc(-c4ccccc4)nc3-c3ccccc3)CC2)nc2ccccc12. The lowest BCUT2D eigenvalue weighted by atomic mass is 9.86. The third-order valence-corrected chi connectivity index (χ3v) is 9.08. The number of hydrogen-bond donors (Lipinski definition) is 2. The molecule has 1 fully saturated rings. The van der Waals surface area contributed by atoms with Crippen molar-refractivity contribution in [3.8, 4) is 21.8 Å². The first-order valence-corrected chi connectivity index (χ1v) is 15.5. The number of aromatic nitrogens is 3. The summed E-state index contributed by atoms with van der Waals surface area (Å²) >= 11 is 1.82. The van der Waals surface area contributed by atoms with Crippen LogP contribution >= 0.6 is 11.3 Å². The molecule has 6 rings (SSSR count). The van der Waals surface area contributed by atoms with Gasteiger partial charge < -0.3 is 15.5 Å². The van der Waals surface area contributed by atoms with Crippen LogP contribution in [0.5, 0.6) is 0 Å². The minimum absolute atomic E-state index is 0.421. The third kappa shape index (κ3) is 6.58. The summed E-state index contributed by atoms with van der Waals surface area (Å²) in [7, 11) is 4.08. The summed E-state index contributed by atoms with van der Waals surface area (Å²) in [5, 5.41) is 9.59. The van der Waals surface area contributed by atoms with Gasteiger partial charge in [-0.15, -0.1) is 11.3 Å². The zero-order chi connectivity index (χ0) is 28.0. The molecular formula is C34H38N6S. The van der Waals surface area contributed by atoms with Crippen molar-refractivity contribution in [1.29, 1.82) is 0 Å². The molecule has 210 valence electrons. The summed E-state index contributed by atoms with van der Waals surface area (Å²) in [5.74, 6) is 2.41. The van der Waals surface area contributed by atoms with Crippen LogP contribution in [0, 0.1) is 5.92 Å². The molecule has 2 N–H and O–H groups in total. The van der Waals surface area contributed by atoms with Crippen molar-refractivity contribution >= 4 is 34.0 Å². The van der Waals surface area contributed by atoms with Gasteiger partial charge in [0.25, 0.3) is 0 Å². The summed E-state index contributed by atoms with van der Waals surface area (Å²) in [6.07, 6.45) is 5.71. The molecule has 0 radical (unpaired) electrons. The van der Waals surface area contributed by atoms with Crippen LogP contribution in [0.2, 0.25) is 0 Å². The van der Waals surface area contributed by atoms with E-state index in [0.717, 1.165) is 65.7 Å². The molecule has 2 aromatic heterocycles. The number of hydrogen-bond acceptors (Lipinski definition) is 7. The van der Waals surface area contributed by atoms with Crippen molar-refractivity contribution in [2.75, 3.05) is 37.4 Å². The highest BCUT2D eigenvalue weighted by atomic mass is 32.1. The van der Waals surface area contributed by atoms with E-state index in [1.807, 2.05) is 37.6 Å². The molecule has 0 amide bonds. The van der Waals surface area contributed by atoms with E-state index < -0.39 is 0 Å². The summed E-state index contributed by atoms with van der Waals surface area (Å²) in [6, 6.07) is 29.8. The Bertz CT molecular complexity index is 1560. The maximum atomic E-state index is 5.06. The van der Waals surface area contributed by atoms with E-state index in [2.05, 4.69) is 88.3 Å². The second-order valence-electron chi connectivity index (χ2n) is 11.1. The highest BCUT2D eigenvalue weighted by Gasteiger charge is 2.22. The molecule has 2 heterocycles. The van der Waals surface area contributed by atoms with Gasteiger partial charge in [0.1, 0.15) is 10.8 Å². The van der Waals surface area contributed by atoms with Gasteiger partial charge in [-0.3, -0.25) is 0 Å². The quantitative estimate of drug-likeness (QED) is 0.174. The molecule has 0 atom stereocenters. The predicted molar refractivity (Wildman–Crippen MR) is 173 cm³/mol. The molecule has 6 nitrogen and oxygen atoms in total. The van der Waals surface area contributed by atoms with Gasteiger partial charge in [0, 0.05) is 48.1 Å². The molecule has 0 spiro atoms. The molecule has 5 aromatic rings. The minimum atomic E-state index is 0.421. The molecular weight excluding hydrogens is 524 g/mol. The lowest BCUT2D eigenvalue weighted by Gasteiger charge is -2.29. The Balaban J connectivity index is 1.02. The van der Waals surface area contributed by atoms with Crippen molar-refractivity contribution in [2.24, 2.45) is 5.92 Å². The van der Waals surface area contributed by atoms with Gasteiger partial charge in [0.05, 0.1) is 11.2 Å². The Labute approximate surface area is 246 Å². The summed E-state index contributed by atoms with van der Waals surface area (Å²) in [4.78, 5) is 18.1. The van der Waals surface area contributed by atoms with Gasteiger partial charge in [-0.2, -0.15) is 4.98 Å². The van der Waals surface area contributed by atoms with E-state index in [1.54, 1.807) is 0 Å². The van der Waals surface area contributed by atoms with Crippen molar-refractivity contribution < 1.29 is 0 Å². The fourth-order valence-electron chi connectivity index (χ4n) is 5.71. The Hall–Kier alpha value is -3.81. The normalized spacial score (nSPS) is 17.0. The number of thiazole rings is 1. The topological polar surface area (TPSA) is 66.0 Å². The molecule has 0 unspecified atom stereocenters. The molecule has 41 heavy (non-hydrogen) atoms. The van der Waals surface area contributed by atoms with E-state index in [1.165, 1.54) is 28.8 Å². The molecule has 0 aliphatic heterocycles. The van der Waals surface area contributed by atoms with Gasteiger partial charge in [0.15, 0.2) is 0 Å². The van der Waals surface area contributed by atoms with Gasteiger partial charge in [-0.05, 0) is 56.7 Å². The van der Waals surface area contributed by atoms with Crippen LogP contribution < -0.4 is 15.5 Å². The van der Waals surface area contributed by atoms with E-state index >= 15 is 0 Å². The van der Waals surface area contributed by atoms with E-state index in [-0.39, 0.29) is 0 Å². The molecule has 1 saturated carbocycles. The molecule has 1 aliphatic carbocycles. The summed E-state index contributed by atoms with van der Waals surface area (Å²) < 4.78 is 0. The summed E-state index contributed by atoms with van der Waals surface area (Å²) in [5.41, 5.74) is 4.49. The fraction of sp³-hybridized carbons (Fsp3) is 0.324. The number of rotatable bonds is 10. The van der Waals surface area contributed by atoms with E-state index in [4.69, 9.17) is 15.0 Å². The average Bonchev–Trinajstić information content (AvgIpc) is 3.45. The number of nitrogens with one attached hydrogen (secondary N) is 2. The van der Waals surface area contributed by atoms with Crippen molar-refractivity contribution in [3.05, 3.63) is 89.8 Å². The monoisotopic (exact) mass is 562 g/mol. The number of anilines is 2. The molecule has 0 bridgehead atoms. The van der Waals surface area contributed by atoms with Crippen LogP contribution in [0.25, 0.3) is 32.7 Å². The number of benzene rings is 3. The Morgan fingerprint density at radius 3 is 2.20 bits per heavy atom. The summed E-state index contributed by atoms with van der Waals surface area (Å²) in [6.45, 7) is 2.03. The maximum absolute atomic E-state index is 5.06. The van der Waals surface area contributed by atoms with Gasteiger partial charge in [-0.1, -0.05) is 72.8 Å². The highest BCUT2D eigenvalue weighted by Crippen LogP contribution is 2.34. The average molecular weight is 563 g/mol. The van der Waals surface area contributed by atoms with Crippen LogP contribution in [-0.2, 0) is 6.42 Å². The Morgan fingerprint density at radius 1 is 0.780 bits per heavy atom. The van der Waals surface area contributed by atoms with E-state index in [0.29, 0.717) is 12.0 Å². The van der Waals surface area contributed by atoms with Crippen molar-refractivity contribution in [1.82, 2.24) is 20.3 Å². The van der Waals surface area contributed by atoms with Gasteiger partial charge >= 0.3 is 0 Å². The number of nitrogens with zero attached hydrogens (tertiary/aromatic N) is 4. The third-order valence-electron chi connectivity index (χ3n) is 7.91.